The van der Waals surface area contributed by atoms with Crippen molar-refractivity contribution in [1.29, 1.82) is 0 Å². The fraction of sp³-hybridized carbons (Fsp3) is 0.660. The van der Waals surface area contributed by atoms with Gasteiger partial charge >= 0.3 is 17.9 Å². The molecule has 1 fully saturated rings. The Bertz CT molecular complexity index is 2180. The van der Waals surface area contributed by atoms with Gasteiger partial charge in [-0.1, -0.05) is 38.8 Å². The van der Waals surface area contributed by atoms with Gasteiger partial charge in [-0.15, -0.1) is 0 Å². The van der Waals surface area contributed by atoms with Crippen LogP contribution in [0.3, 0.4) is 0 Å². The molecule has 1 heterocycles. The zero-order valence-electron chi connectivity index (χ0n) is 44.8. The molecule has 7 atom stereocenters. The van der Waals surface area contributed by atoms with Gasteiger partial charge in [0.1, 0.15) is 29.4 Å². The van der Waals surface area contributed by atoms with Crippen LogP contribution in [-0.4, -0.2) is 164 Å². The number of likely N-dealkylation sites (tertiary alicyclic amines) is 1. The van der Waals surface area contributed by atoms with Crippen molar-refractivity contribution in [3.8, 4) is 5.75 Å². The summed E-state index contributed by atoms with van der Waals surface area (Å²) < 4.78 is 0. The third-order valence-corrected chi connectivity index (χ3v) is 13.4. The molecule has 2 rings (SSSR count). The standard InChI is InChI=1S/C53H81N7O16/c1-7-8-12-39(56-30-46(67)53(5,6)59-49(70)42(57-34(4)62)27-35-16-19-37(63)20-17-35)44(65)29-55-40(45(66)31-60-26-11-14-43(60)33(3)61)13-9-10-25-54-47(68)24-18-36(51(73)74)28-38(64)21-22-41(52(75)76)58-48(69)23-15-32(2)50(71)72/h16-17,19-20,32,36,39-43,55-56,63H,7-15,18,21-31H2,1-6H3,(H,54,68)(H,57,62)(H,58,69)(H,59,70)(H,71,72)(H,73,74)(H,75,76)/t32-,36+,39-,40-,41+,42-,43-/m0/s1. The molecule has 1 saturated heterocycles. The lowest BCUT2D eigenvalue weighted by Gasteiger charge is -2.29. The van der Waals surface area contributed by atoms with Crippen molar-refractivity contribution in [3.05, 3.63) is 29.8 Å². The minimum absolute atomic E-state index is 0.0248. The van der Waals surface area contributed by atoms with Gasteiger partial charge in [-0.25, -0.2) is 4.79 Å². The molecule has 23 heteroatoms. The van der Waals surface area contributed by atoms with Crippen LogP contribution in [0.1, 0.15) is 143 Å². The quantitative estimate of drug-likeness (QED) is 0.0419. The highest BCUT2D eigenvalue weighted by Gasteiger charge is 2.35. The van der Waals surface area contributed by atoms with Crippen LogP contribution in [0.25, 0.3) is 0 Å². The summed E-state index contributed by atoms with van der Waals surface area (Å²) in [6.45, 7) is 9.25. The first-order chi connectivity index (χ1) is 35.7. The Hall–Kier alpha value is -6.46. The highest BCUT2D eigenvalue weighted by Crippen LogP contribution is 2.20. The molecule has 0 unspecified atom stereocenters. The van der Waals surface area contributed by atoms with Gasteiger partial charge in [-0.3, -0.25) is 57.6 Å². The number of carboxylic acid groups (broad SMARTS) is 3. The SMILES string of the molecule is CCCC[C@H](NCC(=O)C(C)(C)NC(=O)[C@H](Cc1ccc(O)cc1)NC(C)=O)C(=O)CN[C@@H](CCCCNC(=O)CC[C@H](CC(=O)CC[C@@H](NC(=O)CC[C@H](C)C(=O)O)C(=O)O)C(=O)O)C(=O)CN1CCC[C@H]1C(C)=O. The number of phenolic OH excluding ortho intramolecular Hbond substituents is 1. The molecule has 1 aliphatic heterocycles. The summed E-state index contributed by atoms with van der Waals surface area (Å²) in [4.78, 5) is 153. The number of ketones is 5. The van der Waals surface area contributed by atoms with Crippen molar-refractivity contribution >= 4 is 70.5 Å². The average molecular weight is 1070 g/mol. The van der Waals surface area contributed by atoms with E-state index in [-0.39, 0.29) is 101 Å². The largest absolute Gasteiger partial charge is 0.508 e. The predicted octanol–water partition coefficient (Wildman–Crippen LogP) is 1.78. The third-order valence-electron chi connectivity index (χ3n) is 13.4. The number of hydrogen-bond acceptors (Lipinski definition) is 16. The number of carboxylic acids is 3. The molecule has 10 N–H and O–H groups in total. The minimum atomic E-state index is -1.46. The number of carbonyl (C=O) groups excluding carboxylic acids is 9. The summed E-state index contributed by atoms with van der Waals surface area (Å²) in [7, 11) is 0. The van der Waals surface area contributed by atoms with Crippen molar-refractivity contribution in [2.75, 3.05) is 32.7 Å². The molecule has 1 aromatic carbocycles. The number of phenols is 1. The van der Waals surface area contributed by atoms with Crippen LogP contribution in [0, 0.1) is 11.8 Å². The van der Waals surface area contributed by atoms with Crippen molar-refractivity contribution in [2.45, 2.75) is 180 Å². The monoisotopic (exact) mass is 1070 g/mol. The highest BCUT2D eigenvalue weighted by molar-refractivity contribution is 5.96. The van der Waals surface area contributed by atoms with Crippen LogP contribution in [0.5, 0.6) is 5.75 Å². The molecule has 424 valence electrons. The summed E-state index contributed by atoms with van der Waals surface area (Å²) in [6.07, 6.45) is 2.38. The molecule has 76 heavy (non-hydrogen) atoms. The Morgan fingerprint density at radius 2 is 1.33 bits per heavy atom. The van der Waals surface area contributed by atoms with Crippen molar-refractivity contribution in [2.24, 2.45) is 11.8 Å². The molecule has 1 aromatic rings. The van der Waals surface area contributed by atoms with E-state index in [0.717, 1.165) is 12.8 Å². The second-order valence-electron chi connectivity index (χ2n) is 20.3. The fourth-order valence-corrected chi connectivity index (χ4v) is 8.60. The van der Waals surface area contributed by atoms with Gasteiger partial charge in [0.25, 0.3) is 0 Å². The Morgan fingerprint density at radius 1 is 0.697 bits per heavy atom. The number of aliphatic carboxylic acids is 3. The summed E-state index contributed by atoms with van der Waals surface area (Å²) in [6, 6.07) is 1.62. The maximum atomic E-state index is 13.9. The van der Waals surface area contributed by atoms with E-state index >= 15 is 0 Å². The molecular weight excluding hydrogens is 991 g/mol. The van der Waals surface area contributed by atoms with Gasteiger partial charge in [0.05, 0.1) is 55.1 Å². The Balaban J connectivity index is 2.01. The van der Waals surface area contributed by atoms with E-state index in [1.54, 1.807) is 12.1 Å². The van der Waals surface area contributed by atoms with Crippen LogP contribution in [0.15, 0.2) is 24.3 Å². The molecule has 1 aliphatic rings. The number of benzene rings is 1. The summed E-state index contributed by atoms with van der Waals surface area (Å²) in [5.41, 5.74) is -0.767. The van der Waals surface area contributed by atoms with Crippen LogP contribution in [0.4, 0.5) is 0 Å². The Morgan fingerprint density at radius 3 is 1.93 bits per heavy atom. The third kappa shape index (κ3) is 24.9. The zero-order valence-corrected chi connectivity index (χ0v) is 44.8. The van der Waals surface area contributed by atoms with E-state index in [1.807, 2.05) is 11.8 Å². The van der Waals surface area contributed by atoms with Gasteiger partial charge in [0.2, 0.25) is 23.6 Å². The van der Waals surface area contributed by atoms with E-state index in [4.69, 9.17) is 5.11 Å². The van der Waals surface area contributed by atoms with Crippen molar-refractivity contribution < 1.29 is 78.0 Å². The van der Waals surface area contributed by atoms with E-state index in [1.165, 1.54) is 46.8 Å². The molecule has 0 saturated carbocycles. The lowest BCUT2D eigenvalue weighted by Crippen LogP contribution is -2.59. The number of nitrogens with zero attached hydrogens (tertiary/aromatic N) is 1. The molecule has 0 radical (unpaired) electrons. The maximum absolute atomic E-state index is 13.9. The molecule has 0 aromatic heterocycles. The van der Waals surface area contributed by atoms with E-state index in [2.05, 4.69) is 31.9 Å². The van der Waals surface area contributed by atoms with Crippen LogP contribution >= 0.6 is 0 Å². The molecule has 0 spiro atoms. The Kier molecular flexibility index (Phi) is 29.0. The summed E-state index contributed by atoms with van der Waals surface area (Å²) >= 11 is 0. The normalized spacial score (nSPS) is 15.9. The first kappa shape index (κ1) is 65.7. The summed E-state index contributed by atoms with van der Waals surface area (Å²) in [5.74, 6) is -9.80. The van der Waals surface area contributed by atoms with Gasteiger partial charge < -0.3 is 52.3 Å². The number of hydrogen-bond donors (Lipinski definition) is 10. The van der Waals surface area contributed by atoms with E-state index in [9.17, 15) is 72.9 Å². The number of carbonyl (C=O) groups is 12. The molecule has 23 nitrogen and oxygen atoms in total. The average Bonchev–Trinajstić information content (AvgIpc) is 3.82. The second-order valence-corrected chi connectivity index (χ2v) is 20.3. The number of Topliss-reactive ketones (excluding diaryl/α,β-unsaturated/α-hetero) is 5. The minimum Gasteiger partial charge on any atom is -0.508 e. The van der Waals surface area contributed by atoms with Crippen molar-refractivity contribution in [3.63, 3.8) is 0 Å². The number of rotatable bonds is 40. The lowest BCUT2D eigenvalue weighted by molar-refractivity contribution is -0.145. The first-order valence-corrected chi connectivity index (χ1v) is 26.2. The Labute approximate surface area is 444 Å². The van der Waals surface area contributed by atoms with Crippen LogP contribution in [0.2, 0.25) is 0 Å². The smallest absolute Gasteiger partial charge is 0.326 e. The molecular formula is C53H81N7O16. The van der Waals surface area contributed by atoms with Crippen LogP contribution in [-0.2, 0) is 64.0 Å². The number of amides is 4. The number of nitrogens with one attached hydrogen (secondary N) is 6. The zero-order chi connectivity index (χ0) is 57.1. The van der Waals surface area contributed by atoms with Gasteiger partial charge in [0.15, 0.2) is 17.3 Å². The second kappa shape index (κ2) is 33.5. The lowest BCUT2D eigenvalue weighted by atomic mass is 9.94. The highest BCUT2D eigenvalue weighted by atomic mass is 16.4. The van der Waals surface area contributed by atoms with E-state index in [0.29, 0.717) is 44.2 Å². The fourth-order valence-electron chi connectivity index (χ4n) is 8.60. The maximum Gasteiger partial charge on any atom is 0.326 e. The molecule has 4 amide bonds. The van der Waals surface area contributed by atoms with Crippen molar-refractivity contribution in [1.82, 2.24) is 36.8 Å². The predicted molar refractivity (Wildman–Crippen MR) is 277 cm³/mol. The van der Waals surface area contributed by atoms with E-state index < -0.39 is 107 Å². The van der Waals surface area contributed by atoms with Gasteiger partial charge in [0, 0.05) is 45.6 Å². The first-order valence-electron chi connectivity index (χ1n) is 26.2. The summed E-state index contributed by atoms with van der Waals surface area (Å²) in [5, 5.41) is 54.4. The van der Waals surface area contributed by atoms with Gasteiger partial charge in [-0.05, 0) is 103 Å². The van der Waals surface area contributed by atoms with Gasteiger partial charge in [-0.2, -0.15) is 0 Å². The van der Waals surface area contributed by atoms with Crippen LogP contribution < -0.4 is 31.9 Å². The molecule has 0 aliphatic carbocycles. The molecule has 0 bridgehead atoms. The number of aromatic hydroxyl groups is 1. The number of unbranched alkanes of at least 4 members (excludes halogenated alkanes) is 2. The topological polar surface area (TPSA) is 361 Å².